The number of carbonyl (C=O) groups is 1. The van der Waals surface area contributed by atoms with Crippen molar-refractivity contribution in [1.82, 2.24) is 9.88 Å². The van der Waals surface area contributed by atoms with E-state index in [0.717, 1.165) is 23.5 Å². The van der Waals surface area contributed by atoms with Crippen LogP contribution in [-0.4, -0.2) is 46.8 Å². The third-order valence-corrected chi connectivity index (χ3v) is 3.99. The van der Waals surface area contributed by atoms with Gasteiger partial charge < -0.3 is 9.64 Å². The molecule has 1 fully saturated rings. The third-order valence-electron chi connectivity index (χ3n) is 3.55. The lowest BCUT2D eigenvalue weighted by Crippen LogP contribution is -2.59. The Kier molecular flexibility index (Phi) is 5.00. The summed E-state index contributed by atoms with van der Waals surface area (Å²) in [5, 5.41) is 0. The third kappa shape index (κ3) is 4.12. The molecule has 0 aromatic carbocycles. The van der Waals surface area contributed by atoms with E-state index in [4.69, 9.17) is 4.74 Å². The molecule has 0 bridgehead atoms. The Morgan fingerprint density at radius 1 is 1.27 bits per heavy atom. The van der Waals surface area contributed by atoms with Crippen molar-refractivity contribution in [1.29, 1.82) is 0 Å². The summed E-state index contributed by atoms with van der Waals surface area (Å²) >= 11 is 3.40. The first-order valence-corrected chi connectivity index (χ1v) is 8.35. The highest BCUT2D eigenvalue weighted by Gasteiger charge is 2.35. The standard InChI is InChI=1S/C16H24BrN3O2/c1-11-9-19(14-8-6-7-13(17)18-14)10-12(2)20(11)15(21)22-16(3,4)5/h6-8,11-12H,9-10H2,1-5H3/t11-,12+. The van der Waals surface area contributed by atoms with Gasteiger partial charge in [0, 0.05) is 13.1 Å². The van der Waals surface area contributed by atoms with E-state index in [0.29, 0.717) is 0 Å². The average molecular weight is 370 g/mol. The van der Waals surface area contributed by atoms with Crippen LogP contribution >= 0.6 is 15.9 Å². The molecule has 122 valence electrons. The van der Waals surface area contributed by atoms with Crippen LogP contribution < -0.4 is 4.90 Å². The number of pyridine rings is 1. The Morgan fingerprint density at radius 3 is 2.36 bits per heavy atom. The second-order valence-electron chi connectivity index (χ2n) is 6.81. The van der Waals surface area contributed by atoms with Gasteiger partial charge in [0.2, 0.25) is 0 Å². The first-order valence-electron chi connectivity index (χ1n) is 7.56. The van der Waals surface area contributed by atoms with Gasteiger partial charge in [-0.05, 0) is 62.7 Å². The quantitative estimate of drug-likeness (QED) is 0.708. The number of halogens is 1. The van der Waals surface area contributed by atoms with Crippen LogP contribution in [0.25, 0.3) is 0 Å². The summed E-state index contributed by atoms with van der Waals surface area (Å²) < 4.78 is 6.34. The predicted molar refractivity (Wildman–Crippen MR) is 91.1 cm³/mol. The molecule has 0 N–H and O–H groups in total. The molecule has 1 aliphatic heterocycles. The first-order chi connectivity index (χ1) is 10.2. The summed E-state index contributed by atoms with van der Waals surface area (Å²) in [7, 11) is 0. The van der Waals surface area contributed by atoms with Gasteiger partial charge in [-0.1, -0.05) is 6.07 Å². The van der Waals surface area contributed by atoms with Crippen LogP contribution in [0.1, 0.15) is 34.6 Å². The van der Waals surface area contributed by atoms with E-state index in [9.17, 15) is 4.79 Å². The van der Waals surface area contributed by atoms with Crippen molar-refractivity contribution in [3.8, 4) is 0 Å². The van der Waals surface area contributed by atoms with Crippen LogP contribution in [0.15, 0.2) is 22.8 Å². The molecule has 22 heavy (non-hydrogen) atoms. The number of ether oxygens (including phenoxy) is 1. The molecule has 1 aromatic heterocycles. The van der Waals surface area contributed by atoms with Gasteiger partial charge in [0.25, 0.3) is 0 Å². The molecule has 2 rings (SSSR count). The van der Waals surface area contributed by atoms with Gasteiger partial charge in [-0.15, -0.1) is 0 Å². The fourth-order valence-electron chi connectivity index (χ4n) is 2.76. The molecule has 0 saturated carbocycles. The van der Waals surface area contributed by atoms with Crippen LogP contribution in [-0.2, 0) is 4.74 Å². The van der Waals surface area contributed by atoms with Gasteiger partial charge in [-0.3, -0.25) is 4.90 Å². The van der Waals surface area contributed by atoms with Crippen molar-refractivity contribution in [2.75, 3.05) is 18.0 Å². The summed E-state index contributed by atoms with van der Waals surface area (Å²) in [6, 6.07) is 6.02. The zero-order valence-electron chi connectivity index (χ0n) is 13.8. The summed E-state index contributed by atoms with van der Waals surface area (Å²) in [4.78, 5) is 20.9. The van der Waals surface area contributed by atoms with Crippen molar-refractivity contribution in [2.45, 2.75) is 52.3 Å². The van der Waals surface area contributed by atoms with Crippen molar-refractivity contribution >= 4 is 27.8 Å². The maximum atomic E-state index is 12.4. The molecule has 6 heteroatoms. The Balaban J connectivity index is 2.10. The zero-order valence-corrected chi connectivity index (χ0v) is 15.4. The molecule has 1 aromatic rings. The molecule has 5 nitrogen and oxygen atoms in total. The van der Waals surface area contributed by atoms with Crippen LogP contribution in [0.4, 0.5) is 10.6 Å². The van der Waals surface area contributed by atoms with Crippen LogP contribution in [0.5, 0.6) is 0 Å². The van der Waals surface area contributed by atoms with Crippen LogP contribution in [0.3, 0.4) is 0 Å². The molecule has 2 heterocycles. The highest BCUT2D eigenvalue weighted by Crippen LogP contribution is 2.24. The number of nitrogens with zero attached hydrogens (tertiary/aromatic N) is 3. The summed E-state index contributed by atoms with van der Waals surface area (Å²) in [5.41, 5.74) is -0.473. The summed E-state index contributed by atoms with van der Waals surface area (Å²) in [5.74, 6) is 0.928. The van der Waals surface area contributed by atoms with Crippen LogP contribution in [0, 0.1) is 0 Å². The van der Waals surface area contributed by atoms with E-state index in [1.165, 1.54) is 0 Å². The molecule has 2 atom stereocenters. The predicted octanol–water partition coefficient (Wildman–Crippen LogP) is 3.68. The summed E-state index contributed by atoms with van der Waals surface area (Å²) in [6.07, 6.45) is -0.241. The SMILES string of the molecule is C[C@@H]1CN(c2cccc(Br)n2)C[C@H](C)N1C(=O)OC(C)(C)C. The van der Waals surface area contributed by atoms with Crippen molar-refractivity contribution in [3.63, 3.8) is 0 Å². The Hall–Kier alpha value is -1.30. The number of aromatic nitrogens is 1. The minimum Gasteiger partial charge on any atom is -0.444 e. The molecule has 0 unspecified atom stereocenters. The second-order valence-corrected chi connectivity index (χ2v) is 7.62. The number of carbonyl (C=O) groups excluding carboxylic acids is 1. The van der Waals surface area contributed by atoms with Gasteiger partial charge in [-0.2, -0.15) is 0 Å². The number of rotatable bonds is 1. The average Bonchev–Trinajstić information content (AvgIpc) is 2.35. The number of anilines is 1. The van der Waals surface area contributed by atoms with E-state index in [1.807, 2.05) is 57.7 Å². The number of amides is 1. The molecular weight excluding hydrogens is 346 g/mol. The minimum absolute atomic E-state index is 0.0689. The van der Waals surface area contributed by atoms with E-state index < -0.39 is 5.60 Å². The fourth-order valence-corrected chi connectivity index (χ4v) is 3.09. The maximum absolute atomic E-state index is 12.4. The molecular formula is C16H24BrN3O2. The molecule has 0 aliphatic carbocycles. The fraction of sp³-hybridized carbons (Fsp3) is 0.625. The monoisotopic (exact) mass is 369 g/mol. The minimum atomic E-state index is -0.473. The second kappa shape index (κ2) is 6.44. The van der Waals surface area contributed by atoms with Gasteiger partial charge >= 0.3 is 6.09 Å². The topological polar surface area (TPSA) is 45.7 Å². The van der Waals surface area contributed by atoms with E-state index >= 15 is 0 Å². The lowest BCUT2D eigenvalue weighted by atomic mass is 10.1. The number of hydrogen-bond acceptors (Lipinski definition) is 4. The molecule has 1 amide bonds. The lowest BCUT2D eigenvalue weighted by molar-refractivity contribution is 0.00560. The Labute approximate surface area is 140 Å². The maximum Gasteiger partial charge on any atom is 0.410 e. The lowest BCUT2D eigenvalue weighted by Gasteiger charge is -2.44. The van der Waals surface area contributed by atoms with Gasteiger partial charge in [0.1, 0.15) is 16.0 Å². The smallest absolute Gasteiger partial charge is 0.410 e. The number of hydrogen-bond donors (Lipinski definition) is 0. The highest BCUT2D eigenvalue weighted by atomic mass is 79.9. The van der Waals surface area contributed by atoms with Gasteiger partial charge in [0.05, 0.1) is 12.1 Å². The number of piperazine rings is 1. The van der Waals surface area contributed by atoms with Crippen LogP contribution in [0.2, 0.25) is 0 Å². The summed E-state index contributed by atoms with van der Waals surface area (Å²) in [6.45, 7) is 11.3. The van der Waals surface area contributed by atoms with E-state index in [2.05, 4.69) is 25.8 Å². The Bertz CT molecular complexity index is 532. The van der Waals surface area contributed by atoms with Gasteiger partial charge in [0.15, 0.2) is 0 Å². The molecule has 0 spiro atoms. The molecule has 0 radical (unpaired) electrons. The van der Waals surface area contributed by atoms with Crippen molar-refractivity contribution in [2.24, 2.45) is 0 Å². The highest BCUT2D eigenvalue weighted by molar-refractivity contribution is 9.10. The van der Waals surface area contributed by atoms with Crippen molar-refractivity contribution < 1.29 is 9.53 Å². The largest absolute Gasteiger partial charge is 0.444 e. The van der Waals surface area contributed by atoms with E-state index in [-0.39, 0.29) is 18.2 Å². The zero-order chi connectivity index (χ0) is 16.5. The van der Waals surface area contributed by atoms with Crippen molar-refractivity contribution in [3.05, 3.63) is 22.8 Å². The first kappa shape index (κ1) is 17.1. The molecule has 1 saturated heterocycles. The normalized spacial score (nSPS) is 22.6. The van der Waals surface area contributed by atoms with E-state index in [1.54, 1.807) is 0 Å². The Morgan fingerprint density at radius 2 is 1.86 bits per heavy atom. The molecule has 1 aliphatic rings. The van der Waals surface area contributed by atoms with Gasteiger partial charge in [-0.25, -0.2) is 9.78 Å².